The van der Waals surface area contributed by atoms with Gasteiger partial charge in [0.25, 0.3) is 0 Å². The predicted octanol–water partition coefficient (Wildman–Crippen LogP) is 5.16. The number of H-pyrrole nitrogens is 1. The third-order valence-corrected chi connectivity index (χ3v) is 10.5. The van der Waals surface area contributed by atoms with E-state index in [-0.39, 0.29) is 27.7 Å². The second-order valence-electron chi connectivity index (χ2n) is 10.7. The summed E-state index contributed by atoms with van der Waals surface area (Å²) in [5.74, 6) is -0.841. The molecule has 2 heterocycles. The zero-order valence-electron chi connectivity index (χ0n) is 22.9. The van der Waals surface area contributed by atoms with Crippen LogP contribution in [0.4, 0.5) is 5.69 Å². The largest absolute Gasteiger partial charge is 0.494 e. The van der Waals surface area contributed by atoms with Crippen LogP contribution in [-0.2, 0) is 21.2 Å². The number of carbonyl (C=O) groups excluding carboxylic acids is 1. The van der Waals surface area contributed by atoms with E-state index in [1.807, 2.05) is 6.07 Å². The van der Waals surface area contributed by atoms with Crippen LogP contribution in [-0.4, -0.2) is 37.5 Å². The molecule has 1 amide bonds. The average molecular weight is 608 g/mol. The first-order chi connectivity index (χ1) is 20.1. The molecule has 2 aliphatic rings. The molecule has 1 unspecified atom stereocenters. The molecule has 1 fully saturated rings. The number of aryl methyl sites for hydroxylation is 1. The maximum absolute atomic E-state index is 13.3. The first-order valence-electron chi connectivity index (χ1n) is 13.6. The molecule has 0 bridgehead atoms. The summed E-state index contributed by atoms with van der Waals surface area (Å²) in [4.78, 5) is 41.1. The van der Waals surface area contributed by atoms with E-state index in [0.29, 0.717) is 23.4 Å². The van der Waals surface area contributed by atoms with Crippen LogP contribution < -0.4 is 20.2 Å². The van der Waals surface area contributed by atoms with Gasteiger partial charge in [0, 0.05) is 40.2 Å². The van der Waals surface area contributed by atoms with Gasteiger partial charge in [0.2, 0.25) is 21.4 Å². The summed E-state index contributed by atoms with van der Waals surface area (Å²) in [6.45, 7) is 1.39. The Bertz CT molecular complexity index is 1910. The SMILES string of the molecule is COc1c(-c2cc3c(s2)CCCC3NS(=O)(=O)c2ccc(NC(C)=O)cc2)c(C2CC2)cc2c(=O)c(C(=O)O)c[nH]c12. The average Bonchev–Trinajstić information content (AvgIpc) is 3.70. The Kier molecular flexibility index (Phi) is 7.16. The van der Waals surface area contributed by atoms with Crippen molar-refractivity contribution in [3.63, 3.8) is 0 Å². The molecular formula is C30H29N3O7S2. The van der Waals surface area contributed by atoms with Crippen LogP contribution in [0.5, 0.6) is 5.75 Å². The lowest BCUT2D eigenvalue weighted by molar-refractivity contribution is -0.114. The molecule has 4 aromatic rings. The Balaban J connectivity index is 1.40. The van der Waals surface area contributed by atoms with Crippen molar-refractivity contribution in [1.29, 1.82) is 0 Å². The third-order valence-electron chi connectivity index (χ3n) is 7.76. The molecule has 10 nitrogen and oxygen atoms in total. The fourth-order valence-corrected chi connectivity index (χ4v) is 8.25. The number of carboxylic acid groups (broad SMARTS) is 1. The highest BCUT2D eigenvalue weighted by molar-refractivity contribution is 7.89. The highest BCUT2D eigenvalue weighted by Gasteiger charge is 2.33. The molecular weight excluding hydrogens is 578 g/mol. The van der Waals surface area contributed by atoms with Crippen LogP contribution in [0.3, 0.4) is 0 Å². The number of benzene rings is 2. The maximum Gasteiger partial charge on any atom is 0.341 e. The van der Waals surface area contributed by atoms with Crippen molar-refractivity contribution in [3.8, 4) is 16.2 Å². The Morgan fingerprint density at radius 2 is 1.83 bits per heavy atom. The van der Waals surface area contributed by atoms with Crippen molar-refractivity contribution in [3.05, 3.63) is 74.4 Å². The van der Waals surface area contributed by atoms with Gasteiger partial charge in [0.05, 0.1) is 22.9 Å². The van der Waals surface area contributed by atoms with E-state index in [2.05, 4.69) is 15.0 Å². The number of aromatic amines is 1. The fourth-order valence-electron chi connectivity index (χ4n) is 5.67. The number of hydrogen-bond acceptors (Lipinski definition) is 7. The molecule has 218 valence electrons. The topological polar surface area (TPSA) is 155 Å². The minimum Gasteiger partial charge on any atom is -0.494 e. The molecule has 0 spiro atoms. The number of aromatic carboxylic acids is 1. The first kappa shape index (κ1) is 28.1. The highest BCUT2D eigenvalue weighted by Crippen LogP contribution is 2.52. The summed E-state index contributed by atoms with van der Waals surface area (Å²) >= 11 is 1.59. The van der Waals surface area contributed by atoms with Gasteiger partial charge in [0.1, 0.15) is 5.56 Å². The van der Waals surface area contributed by atoms with Gasteiger partial charge in [-0.25, -0.2) is 17.9 Å². The Hall–Kier alpha value is -4.00. The number of anilines is 1. The van der Waals surface area contributed by atoms with Crippen LogP contribution in [0, 0.1) is 0 Å². The predicted molar refractivity (Wildman–Crippen MR) is 160 cm³/mol. The standard InChI is InChI=1S/C30H29N3O7S2/c1-15(34)32-17-8-10-18(11-9-17)42(38,39)33-23-4-3-5-24-20(23)13-25(41-24)26-19(16-6-7-16)12-21-27(29(26)40-2)31-14-22(28(21)35)30(36)37/h8-14,16,23,33H,3-7H2,1-2H3,(H,31,35)(H,32,34)(H,36,37). The molecule has 4 N–H and O–H groups in total. The summed E-state index contributed by atoms with van der Waals surface area (Å²) in [6.07, 6.45) is 5.37. The van der Waals surface area contributed by atoms with Gasteiger partial charge in [-0.3, -0.25) is 9.59 Å². The number of hydrogen-bond donors (Lipinski definition) is 4. The van der Waals surface area contributed by atoms with Crippen LogP contribution in [0.2, 0.25) is 0 Å². The van der Waals surface area contributed by atoms with Gasteiger partial charge >= 0.3 is 5.97 Å². The van der Waals surface area contributed by atoms with E-state index < -0.39 is 27.5 Å². The lowest BCUT2D eigenvalue weighted by atomic mass is 9.92. The van der Waals surface area contributed by atoms with Crippen LogP contribution in [0.15, 0.2) is 52.3 Å². The molecule has 2 aromatic heterocycles. The Labute approximate surface area is 245 Å². The zero-order valence-corrected chi connectivity index (χ0v) is 24.6. The number of amides is 1. The summed E-state index contributed by atoms with van der Waals surface area (Å²) in [7, 11) is -2.32. The normalized spacial score (nSPS) is 16.7. The summed E-state index contributed by atoms with van der Waals surface area (Å²) in [5, 5.41) is 12.4. The van der Waals surface area contributed by atoms with Crippen molar-refractivity contribution in [1.82, 2.24) is 9.71 Å². The molecule has 0 saturated heterocycles. The number of rotatable bonds is 8. The molecule has 0 aliphatic heterocycles. The smallest absolute Gasteiger partial charge is 0.341 e. The third kappa shape index (κ3) is 5.10. The van der Waals surface area contributed by atoms with Crippen LogP contribution in [0.1, 0.15) is 70.9 Å². The lowest BCUT2D eigenvalue weighted by Crippen LogP contribution is -2.30. The number of nitrogens with one attached hydrogen (secondary N) is 3. The maximum atomic E-state index is 13.3. The molecule has 1 saturated carbocycles. The number of pyridine rings is 1. The summed E-state index contributed by atoms with van der Waals surface area (Å²) in [5.41, 5.74) is 2.75. The molecule has 1 atom stereocenters. The number of carbonyl (C=O) groups is 2. The van der Waals surface area contributed by atoms with Gasteiger partial charge in [-0.15, -0.1) is 11.3 Å². The highest BCUT2D eigenvalue weighted by atomic mass is 32.2. The molecule has 2 aliphatic carbocycles. The van der Waals surface area contributed by atoms with Gasteiger partial charge in [-0.1, -0.05) is 0 Å². The van der Waals surface area contributed by atoms with Crippen LogP contribution in [0.25, 0.3) is 21.3 Å². The molecule has 12 heteroatoms. The molecule has 42 heavy (non-hydrogen) atoms. The number of carboxylic acids is 1. The molecule has 2 aromatic carbocycles. The van der Waals surface area contributed by atoms with Crippen molar-refractivity contribution >= 4 is 49.8 Å². The summed E-state index contributed by atoms with van der Waals surface area (Å²) < 4.78 is 35.4. The van der Waals surface area contributed by atoms with Crippen LogP contribution >= 0.6 is 11.3 Å². The second kappa shape index (κ2) is 10.7. The fraction of sp³-hybridized carbons (Fsp3) is 0.300. The Morgan fingerprint density at radius 3 is 2.48 bits per heavy atom. The van der Waals surface area contributed by atoms with E-state index in [9.17, 15) is 27.9 Å². The quantitative estimate of drug-likeness (QED) is 0.216. The monoisotopic (exact) mass is 607 g/mol. The number of ether oxygens (including phenoxy) is 1. The minimum atomic E-state index is -3.84. The molecule has 0 radical (unpaired) electrons. The van der Waals surface area contributed by atoms with Crippen molar-refractivity contribution < 1.29 is 27.9 Å². The van der Waals surface area contributed by atoms with E-state index in [1.165, 1.54) is 32.4 Å². The van der Waals surface area contributed by atoms with Gasteiger partial charge in [-0.2, -0.15) is 0 Å². The number of thiophene rings is 1. The lowest BCUT2D eigenvalue weighted by Gasteiger charge is -2.23. The first-order valence-corrected chi connectivity index (χ1v) is 15.9. The van der Waals surface area contributed by atoms with E-state index in [0.717, 1.165) is 52.1 Å². The van der Waals surface area contributed by atoms with Gasteiger partial charge in [0.15, 0.2) is 5.75 Å². The van der Waals surface area contributed by atoms with E-state index >= 15 is 0 Å². The zero-order chi connectivity index (χ0) is 29.8. The van der Waals surface area contributed by atoms with E-state index in [4.69, 9.17) is 4.74 Å². The van der Waals surface area contributed by atoms with Gasteiger partial charge in [-0.05, 0) is 85.5 Å². The Morgan fingerprint density at radius 1 is 1.10 bits per heavy atom. The van der Waals surface area contributed by atoms with Gasteiger partial charge < -0.3 is 20.1 Å². The number of fused-ring (bicyclic) bond motifs is 2. The van der Waals surface area contributed by atoms with Crippen molar-refractivity contribution in [2.45, 2.75) is 55.9 Å². The van der Waals surface area contributed by atoms with Crippen molar-refractivity contribution in [2.75, 3.05) is 12.4 Å². The molecule has 6 rings (SSSR count). The summed E-state index contributed by atoms with van der Waals surface area (Å²) in [6, 6.07) is 9.43. The number of sulfonamides is 1. The van der Waals surface area contributed by atoms with E-state index in [1.54, 1.807) is 29.5 Å². The van der Waals surface area contributed by atoms with Crippen molar-refractivity contribution in [2.24, 2.45) is 0 Å². The minimum absolute atomic E-state index is 0.107. The second-order valence-corrected chi connectivity index (χ2v) is 13.5. The number of aromatic nitrogens is 1. The number of methoxy groups -OCH3 is 1.